The zero-order chi connectivity index (χ0) is 22.9. The van der Waals surface area contributed by atoms with Crippen molar-refractivity contribution in [2.45, 2.75) is 11.8 Å². The molecule has 32 heavy (non-hydrogen) atoms. The zero-order valence-corrected chi connectivity index (χ0v) is 16.3. The number of alkyl halides is 4. The van der Waals surface area contributed by atoms with Gasteiger partial charge in [0, 0.05) is 23.5 Å². The van der Waals surface area contributed by atoms with Gasteiger partial charge in [0.05, 0.1) is 0 Å². The smallest absolute Gasteiger partial charge is 0.396 e. The molecule has 2 amide bonds. The fraction of sp³-hybridized carbons (Fsp3) is 0.300. The van der Waals surface area contributed by atoms with Crippen LogP contribution in [0.2, 0.25) is 0 Å². The van der Waals surface area contributed by atoms with Gasteiger partial charge in [-0.3, -0.25) is 9.59 Å². The molecule has 2 N–H and O–H groups in total. The van der Waals surface area contributed by atoms with Crippen LogP contribution in [0.3, 0.4) is 0 Å². The predicted molar refractivity (Wildman–Crippen MR) is 102 cm³/mol. The lowest BCUT2D eigenvalue weighted by atomic mass is 10.1. The fourth-order valence-corrected chi connectivity index (χ4v) is 2.95. The molecule has 0 bridgehead atoms. The maximum absolute atomic E-state index is 14.3. The van der Waals surface area contributed by atoms with Crippen LogP contribution in [-0.2, 0) is 9.59 Å². The minimum atomic E-state index is -5.36. The second-order valence-electron chi connectivity index (χ2n) is 6.77. The van der Waals surface area contributed by atoms with Gasteiger partial charge in [0.1, 0.15) is 26.4 Å². The summed E-state index contributed by atoms with van der Waals surface area (Å²) < 4.78 is 78.3. The van der Waals surface area contributed by atoms with E-state index in [2.05, 4.69) is 0 Å². The van der Waals surface area contributed by atoms with E-state index < -0.39 is 23.7 Å². The molecule has 0 saturated carbocycles. The quantitative estimate of drug-likeness (QED) is 0.672. The van der Waals surface area contributed by atoms with Crippen molar-refractivity contribution in [3.05, 3.63) is 36.4 Å². The zero-order valence-electron chi connectivity index (χ0n) is 16.3. The first-order chi connectivity index (χ1) is 15.2. The minimum absolute atomic E-state index is 0.153. The Bertz CT molecular complexity index is 979. The summed E-state index contributed by atoms with van der Waals surface area (Å²) in [6.07, 6.45) is 0. The van der Waals surface area contributed by atoms with Crippen LogP contribution in [0.5, 0.6) is 23.0 Å². The number of hydrogen-bond acceptors (Lipinski definition) is 6. The molecular weight excluding hydrogens is 440 g/mol. The van der Waals surface area contributed by atoms with E-state index in [1.165, 1.54) is 24.3 Å². The minimum Gasteiger partial charge on any atom is -0.486 e. The van der Waals surface area contributed by atoms with Crippen LogP contribution < -0.4 is 29.6 Å². The van der Waals surface area contributed by atoms with Gasteiger partial charge in [-0.15, -0.1) is 0 Å². The standard InChI is InChI=1S/C20H16F4N2O6/c21-19(22,17(27)25-11-1-3-13-15(9-11)31-7-5-29-13)20(23,24)18(28)26-12-2-4-14-16(10-12)32-8-6-30-14/h1-4,9-10H,5-8H2,(H,25,27)(H,26,28). The molecule has 2 heterocycles. The van der Waals surface area contributed by atoms with Gasteiger partial charge in [-0.25, -0.2) is 0 Å². The Morgan fingerprint density at radius 3 is 1.34 bits per heavy atom. The van der Waals surface area contributed by atoms with Crippen LogP contribution in [0, 0.1) is 0 Å². The highest BCUT2D eigenvalue weighted by Gasteiger charge is 2.67. The normalized spacial score (nSPS) is 15.0. The van der Waals surface area contributed by atoms with E-state index in [0.29, 0.717) is 11.5 Å². The van der Waals surface area contributed by atoms with Crippen molar-refractivity contribution in [3.8, 4) is 23.0 Å². The van der Waals surface area contributed by atoms with Gasteiger partial charge < -0.3 is 29.6 Å². The molecule has 0 unspecified atom stereocenters. The summed E-state index contributed by atoms with van der Waals surface area (Å²) in [6.45, 7) is 0.945. The number of anilines is 2. The maximum atomic E-state index is 14.3. The van der Waals surface area contributed by atoms with Gasteiger partial charge in [-0.1, -0.05) is 0 Å². The van der Waals surface area contributed by atoms with Crippen LogP contribution in [0.1, 0.15) is 0 Å². The van der Waals surface area contributed by atoms with E-state index in [-0.39, 0.29) is 49.3 Å². The Hall–Kier alpha value is -3.70. The molecule has 0 atom stereocenters. The Morgan fingerprint density at radius 2 is 0.969 bits per heavy atom. The summed E-state index contributed by atoms with van der Waals surface area (Å²) in [4.78, 5) is 23.9. The number of hydrogen-bond donors (Lipinski definition) is 2. The number of ether oxygens (including phenoxy) is 4. The van der Waals surface area contributed by atoms with Crippen molar-refractivity contribution in [1.82, 2.24) is 0 Å². The molecule has 0 radical (unpaired) electrons. The molecule has 0 spiro atoms. The summed E-state index contributed by atoms with van der Waals surface area (Å²) in [6, 6.07) is 7.31. The van der Waals surface area contributed by atoms with Gasteiger partial charge in [0.2, 0.25) is 0 Å². The van der Waals surface area contributed by atoms with Crippen LogP contribution in [-0.4, -0.2) is 50.1 Å². The van der Waals surface area contributed by atoms with Crippen LogP contribution in [0.15, 0.2) is 36.4 Å². The second-order valence-corrected chi connectivity index (χ2v) is 6.77. The van der Waals surface area contributed by atoms with E-state index in [1.54, 1.807) is 10.6 Å². The number of halogens is 4. The summed E-state index contributed by atoms with van der Waals surface area (Å²) >= 11 is 0. The highest BCUT2D eigenvalue weighted by Crippen LogP contribution is 2.39. The Kier molecular flexibility index (Phi) is 5.45. The van der Waals surface area contributed by atoms with Crippen molar-refractivity contribution < 1.29 is 46.1 Å². The number of rotatable bonds is 5. The third-order valence-corrected chi connectivity index (χ3v) is 4.56. The van der Waals surface area contributed by atoms with E-state index >= 15 is 0 Å². The van der Waals surface area contributed by atoms with Crippen molar-refractivity contribution in [2.75, 3.05) is 37.1 Å². The Labute approximate surface area is 178 Å². The highest BCUT2D eigenvalue weighted by atomic mass is 19.3. The molecule has 0 fully saturated rings. The van der Waals surface area contributed by atoms with Crippen molar-refractivity contribution in [3.63, 3.8) is 0 Å². The predicted octanol–water partition coefficient (Wildman–Crippen LogP) is 3.08. The number of benzene rings is 2. The lowest BCUT2D eigenvalue weighted by Gasteiger charge is -2.25. The average Bonchev–Trinajstić information content (AvgIpc) is 2.78. The molecule has 8 nitrogen and oxygen atoms in total. The van der Waals surface area contributed by atoms with Crippen LogP contribution >= 0.6 is 0 Å². The molecule has 4 rings (SSSR count). The third kappa shape index (κ3) is 3.95. The summed E-state index contributed by atoms with van der Waals surface area (Å²) in [7, 11) is 0. The van der Waals surface area contributed by atoms with Gasteiger partial charge in [-0.05, 0) is 24.3 Å². The second kappa shape index (κ2) is 8.09. The van der Waals surface area contributed by atoms with Crippen LogP contribution in [0.25, 0.3) is 0 Å². The van der Waals surface area contributed by atoms with Gasteiger partial charge in [-0.2, -0.15) is 17.6 Å². The summed E-state index contributed by atoms with van der Waals surface area (Å²) in [5.41, 5.74) is -0.469. The number of carbonyl (C=O) groups is 2. The summed E-state index contributed by atoms with van der Waals surface area (Å²) in [5, 5.41) is 3.35. The van der Waals surface area contributed by atoms with Crippen molar-refractivity contribution >= 4 is 23.2 Å². The van der Waals surface area contributed by atoms with Gasteiger partial charge >= 0.3 is 23.7 Å². The molecular formula is C20H16F4N2O6. The van der Waals surface area contributed by atoms with E-state index in [9.17, 15) is 27.2 Å². The first kappa shape index (κ1) is 21.5. The highest BCUT2D eigenvalue weighted by molar-refractivity contribution is 6.05. The van der Waals surface area contributed by atoms with Gasteiger partial charge in [0.25, 0.3) is 0 Å². The number of nitrogens with one attached hydrogen (secondary N) is 2. The molecule has 170 valence electrons. The monoisotopic (exact) mass is 456 g/mol. The fourth-order valence-electron chi connectivity index (χ4n) is 2.95. The first-order valence-electron chi connectivity index (χ1n) is 9.36. The molecule has 2 aliphatic heterocycles. The summed E-state index contributed by atoms with van der Waals surface area (Å²) in [5.74, 6) is -14.5. The lowest BCUT2D eigenvalue weighted by molar-refractivity contribution is -0.204. The largest absolute Gasteiger partial charge is 0.486 e. The van der Waals surface area contributed by atoms with Crippen molar-refractivity contribution in [2.24, 2.45) is 0 Å². The first-order valence-corrected chi connectivity index (χ1v) is 9.36. The maximum Gasteiger partial charge on any atom is 0.396 e. The molecule has 2 aromatic rings. The van der Waals surface area contributed by atoms with Gasteiger partial charge in [0.15, 0.2) is 23.0 Å². The van der Waals surface area contributed by atoms with E-state index in [0.717, 1.165) is 12.1 Å². The molecule has 0 aromatic heterocycles. The molecule has 0 aliphatic carbocycles. The lowest BCUT2D eigenvalue weighted by Crippen LogP contribution is -2.56. The number of fused-ring (bicyclic) bond motifs is 2. The number of amides is 2. The molecule has 2 aliphatic rings. The SMILES string of the molecule is O=C(Nc1ccc2c(c1)OCCO2)C(F)(F)C(F)(F)C(=O)Nc1ccc2c(c1)OCCO2. The molecule has 12 heteroatoms. The number of carbonyl (C=O) groups excluding carboxylic acids is 2. The average molecular weight is 456 g/mol. The Balaban J connectivity index is 1.47. The topological polar surface area (TPSA) is 95.1 Å². The Morgan fingerprint density at radius 1 is 0.625 bits per heavy atom. The third-order valence-electron chi connectivity index (χ3n) is 4.56. The van der Waals surface area contributed by atoms with E-state index in [4.69, 9.17) is 18.9 Å². The van der Waals surface area contributed by atoms with Crippen molar-refractivity contribution in [1.29, 1.82) is 0 Å². The molecule has 0 saturated heterocycles. The molecule has 2 aromatic carbocycles. The van der Waals surface area contributed by atoms with E-state index in [1.807, 2.05) is 0 Å². The van der Waals surface area contributed by atoms with Crippen LogP contribution in [0.4, 0.5) is 28.9 Å².